The van der Waals surface area contributed by atoms with Gasteiger partial charge in [-0.1, -0.05) is 26.8 Å². The lowest BCUT2D eigenvalue weighted by atomic mass is 9.87. The minimum Gasteiger partial charge on any atom is -0.480 e. The Kier molecular flexibility index (Phi) is 6.24. The van der Waals surface area contributed by atoms with Gasteiger partial charge >= 0.3 is 12.1 Å². The summed E-state index contributed by atoms with van der Waals surface area (Å²) in [6, 6.07) is -0.960. The molecule has 1 aliphatic carbocycles. The summed E-state index contributed by atoms with van der Waals surface area (Å²) < 4.78 is 5.45. The average Bonchev–Trinajstić information content (AvgIpc) is 2.79. The number of allylic oxidation sites excluding steroid dienone is 1. The van der Waals surface area contributed by atoms with Crippen molar-refractivity contribution in [3.63, 3.8) is 0 Å². The van der Waals surface area contributed by atoms with E-state index in [4.69, 9.17) is 4.74 Å². The van der Waals surface area contributed by atoms with E-state index in [2.05, 4.69) is 11.9 Å². The molecule has 0 radical (unpaired) electrons. The zero-order valence-corrected chi connectivity index (χ0v) is 13.2. The Morgan fingerprint density at radius 2 is 2.10 bits per heavy atom. The van der Waals surface area contributed by atoms with Gasteiger partial charge in [0.15, 0.2) is 0 Å². The Morgan fingerprint density at radius 1 is 1.43 bits per heavy atom. The van der Waals surface area contributed by atoms with Gasteiger partial charge in [0, 0.05) is 0 Å². The topological polar surface area (TPSA) is 75.6 Å². The number of ether oxygens (including phenoxy) is 1. The first-order chi connectivity index (χ1) is 9.75. The van der Waals surface area contributed by atoms with E-state index >= 15 is 0 Å². The van der Waals surface area contributed by atoms with Crippen molar-refractivity contribution in [2.24, 2.45) is 11.3 Å². The third-order valence-electron chi connectivity index (χ3n) is 3.96. The van der Waals surface area contributed by atoms with Crippen molar-refractivity contribution in [1.82, 2.24) is 5.32 Å². The van der Waals surface area contributed by atoms with Crippen LogP contribution in [-0.2, 0) is 9.53 Å². The largest absolute Gasteiger partial charge is 0.480 e. The number of alkyl carbamates (subject to hydrolysis) is 1. The molecule has 0 aromatic carbocycles. The van der Waals surface area contributed by atoms with E-state index in [9.17, 15) is 14.7 Å². The molecule has 1 fully saturated rings. The van der Waals surface area contributed by atoms with E-state index in [0.717, 1.165) is 32.1 Å². The zero-order valence-electron chi connectivity index (χ0n) is 13.2. The standard InChI is InChI=1S/C16H27NO4/c1-5-6-8-11-9-7-10-12(11)21-15(20)17-13(14(18)19)16(2,3)4/h5,11-13H,1,6-10H2,2-4H3,(H,17,20)(H,18,19). The highest BCUT2D eigenvalue weighted by Gasteiger charge is 2.35. The molecule has 1 saturated carbocycles. The quantitative estimate of drug-likeness (QED) is 0.737. The summed E-state index contributed by atoms with van der Waals surface area (Å²) in [6.45, 7) is 9.03. The molecule has 1 amide bonds. The van der Waals surface area contributed by atoms with Crippen molar-refractivity contribution in [1.29, 1.82) is 0 Å². The molecule has 3 atom stereocenters. The van der Waals surface area contributed by atoms with E-state index in [-0.39, 0.29) is 6.10 Å². The normalized spacial score (nSPS) is 23.4. The molecule has 5 heteroatoms. The van der Waals surface area contributed by atoms with Gasteiger partial charge in [-0.25, -0.2) is 9.59 Å². The molecule has 1 rings (SSSR count). The van der Waals surface area contributed by atoms with Crippen molar-refractivity contribution in [2.75, 3.05) is 0 Å². The summed E-state index contributed by atoms with van der Waals surface area (Å²) in [5.74, 6) is -0.694. The zero-order chi connectivity index (χ0) is 16.0. The van der Waals surface area contributed by atoms with Crippen LogP contribution in [0.25, 0.3) is 0 Å². The molecule has 5 nitrogen and oxygen atoms in total. The van der Waals surface area contributed by atoms with Crippen LogP contribution in [0.4, 0.5) is 4.79 Å². The highest BCUT2D eigenvalue weighted by molar-refractivity contribution is 5.80. The van der Waals surface area contributed by atoms with Crippen molar-refractivity contribution >= 4 is 12.1 Å². The Bertz CT molecular complexity index is 386. The molecule has 21 heavy (non-hydrogen) atoms. The van der Waals surface area contributed by atoms with Gasteiger partial charge in [0.2, 0.25) is 0 Å². The maximum Gasteiger partial charge on any atom is 0.408 e. The molecular formula is C16H27NO4. The van der Waals surface area contributed by atoms with E-state index in [1.807, 2.05) is 6.08 Å². The number of hydrogen-bond acceptors (Lipinski definition) is 3. The maximum absolute atomic E-state index is 12.0. The average molecular weight is 297 g/mol. The van der Waals surface area contributed by atoms with Crippen LogP contribution in [0.15, 0.2) is 12.7 Å². The van der Waals surface area contributed by atoms with Crippen molar-refractivity contribution in [3.8, 4) is 0 Å². The van der Waals surface area contributed by atoms with E-state index < -0.39 is 23.5 Å². The molecular weight excluding hydrogens is 270 g/mol. The summed E-state index contributed by atoms with van der Waals surface area (Å²) in [5, 5.41) is 11.7. The van der Waals surface area contributed by atoms with Crippen LogP contribution in [0, 0.1) is 11.3 Å². The number of nitrogens with one attached hydrogen (secondary N) is 1. The highest BCUT2D eigenvalue weighted by atomic mass is 16.6. The van der Waals surface area contributed by atoms with Crippen LogP contribution < -0.4 is 5.32 Å². The fraction of sp³-hybridized carbons (Fsp3) is 0.750. The van der Waals surface area contributed by atoms with Crippen LogP contribution in [0.5, 0.6) is 0 Å². The lowest BCUT2D eigenvalue weighted by Crippen LogP contribution is -2.50. The predicted octanol–water partition coefficient (Wildman–Crippen LogP) is 3.35. The number of carbonyl (C=O) groups is 2. The number of aliphatic carboxylic acids is 1. The number of carboxylic acids is 1. The second-order valence-corrected chi connectivity index (χ2v) is 6.78. The third kappa shape index (κ3) is 5.40. The predicted molar refractivity (Wildman–Crippen MR) is 81.1 cm³/mol. The number of hydrogen-bond donors (Lipinski definition) is 2. The molecule has 2 N–H and O–H groups in total. The van der Waals surface area contributed by atoms with Crippen LogP contribution >= 0.6 is 0 Å². The first-order valence-electron chi connectivity index (χ1n) is 7.56. The number of rotatable bonds is 6. The molecule has 0 heterocycles. The second kappa shape index (κ2) is 7.48. The minimum atomic E-state index is -1.05. The van der Waals surface area contributed by atoms with Crippen LogP contribution in [0.3, 0.4) is 0 Å². The summed E-state index contributed by atoms with van der Waals surface area (Å²) in [4.78, 5) is 23.2. The van der Waals surface area contributed by atoms with Gasteiger partial charge in [-0.2, -0.15) is 0 Å². The molecule has 120 valence electrons. The molecule has 0 saturated heterocycles. The van der Waals surface area contributed by atoms with Gasteiger partial charge in [-0.15, -0.1) is 6.58 Å². The van der Waals surface area contributed by atoms with E-state index in [0.29, 0.717) is 5.92 Å². The van der Waals surface area contributed by atoms with E-state index in [1.54, 1.807) is 20.8 Å². The second-order valence-electron chi connectivity index (χ2n) is 6.78. The van der Waals surface area contributed by atoms with Crippen LogP contribution in [-0.4, -0.2) is 29.3 Å². The van der Waals surface area contributed by atoms with Gasteiger partial charge in [0.1, 0.15) is 12.1 Å². The van der Waals surface area contributed by atoms with Crippen molar-refractivity contribution in [2.45, 2.75) is 65.0 Å². The summed E-state index contributed by atoms with van der Waals surface area (Å²) >= 11 is 0. The fourth-order valence-corrected chi connectivity index (χ4v) is 2.76. The lowest BCUT2D eigenvalue weighted by molar-refractivity contribution is -0.142. The molecule has 1 aliphatic rings. The molecule has 0 aromatic heterocycles. The number of carboxylic acid groups (broad SMARTS) is 1. The van der Waals surface area contributed by atoms with Crippen molar-refractivity contribution in [3.05, 3.63) is 12.7 Å². The number of amides is 1. The SMILES string of the molecule is C=CCCC1CCCC1OC(=O)NC(C(=O)O)C(C)(C)C. The Balaban J connectivity index is 2.55. The molecule has 0 aromatic rings. The molecule has 0 bridgehead atoms. The molecule has 0 spiro atoms. The van der Waals surface area contributed by atoms with Gasteiger partial charge < -0.3 is 15.2 Å². The highest BCUT2D eigenvalue weighted by Crippen LogP contribution is 2.32. The number of carbonyl (C=O) groups excluding carboxylic acids is 1. The van der Waals surface area contributed by atoms with Gasteiger partial charge in [-0.3, -0.25) is 0 Å². The maximum atomic E-state index is 12.0. The Hall–Kier alpha value is -1.52. The third-order valence-corrected chi connectivity index (χ3v) is 3.96. The smallest absolute Gasteiger partial charge is 0.408 e. The van der Waals surface area contributed by atoms with Gasteiger partial charge in [0.25, 0.3) is 0 Å². The van der Waals surface area contributed by atoms with Crippen molar-refractivity contribution < 1.29 is 19.4 Å². The van der Waals surface area contributed by atoms with Gasteiger partial charge in [-0.05, 0) is 43.4 Å². The lowest BCUT2D eigenvalue weighted by Gasteiger charge is -2.28. The Labute approximate surface area is 126 Å². The summed E-state index contributed by atoms with van der Waals surface area (Å²) in [5.41, 5.74) is -0.567. The van der Waals surface area contributed by atoms with Crippen LogP contribution in [0.2, 0.25) is 0 Å². The van der Waals surface area contributed by atoms with Crippen LogP contribution in [0.1, 0.15) is 52.9 Å². The van der Waals surface area contributed by atoms with Gasteiger partial charge in [0.05, 0.1) is 0 Å². The minimum absolute atomic E-state index is 0.112. The van der Waals surface area contributed by atoms with E-state index in [1.165, 1.54) is 0 Å². The first kappa shape index (κ1) is 17.5. The Morgan fingerprint density at radius 3 is 2.62 bits per heavy atom. The fourth-order valence-electron chi connectivity index (χ4n) is 2.76. The first-order valence-corrected chi connectivity index (χ1v) is 7.56. The molecule has 3 unspecified atom stereocenters. The monoisotopic (exact) mass is 297 g/mol. The summed E-state index contributed by atoms with van der Waals surface area (Å²) in [7, 11) is 0. The summed E-state index contributed by atoms with van der Waals surface area (Å²) in [6.07, 6.45) is 5.94. The molecule has 0 aliphatic heterocycles.